The first-order valence-electron chi connectivity index (χ1n) is 10.1. The predicted molar refractivity (Wildman–Crippen MR) is 119 cm³/mol. The fraction of sp³-hybridized carbons (Fsp3) is 0.391. The van der Waals surface area contributed by atoms with Crippen LogP contribution in [-0.2, 0) is 9.59 Å². The quantitative estimate of drug-likeness (QED) is 0.396. The van der Waals surface area contributed by atoms with Crippen molar-refractivity contribution in [2.45, 2.75) is 19.9 Å². The van der Waals surface area contributed by atoms with E-state index in [4.69, 9.17) is 9.47 Å². The van der Waals surface area contributed by atoms with E-state index in [2.05, 4.69) is 9.97 Å². The van der Waals surface area contributed by atoms with Gasteiger partial charge in [0.25, 0.3) is 11.7 Å². The number of aliphatic hydroxyl groups excluding tert-OH is 1. The minimum atomic E-state index is -0.860. The monoisotopic (exact) mass is 440 g/mol. The molecule has 2 heterocycles. The maximum absolute atomic E-state index is 13.2. The molecule has 32 heavy (non-hydrogen) atoms. The van der Waals surface area contributed by atoms with Crippen LogP contribution in [0.25, 0.3) is 5.76 Å². The minimum Gasteiger partial charge on any atom is -0.507 e. The summed E-state index contributed by atoms with van der Waals surface area (Å²) in [7, 11) is 6.80. The number of hydrogen-bond acceptors (Lipinski definition) is 8. The molecule has 0 spiro atoms. The number of methoxy groups -OCH3 is 2. The van der Waals surface area contributed by atoms with Crippen LogP contribution < -0.4 is 9.47 Å². The highest BCUT2D eigenvalue weighted by Crippen LogP contribution is 2.43. The number of Topliss-reactive ketones (excluding diaryl/α,β-unsaturated/α-hetero) is 1. The average molecular weight is 441 g/mol. The van der Waals surface area contributed by atoms with Gasteiger partial charge in [-0.15, -0.1) is 0 Å². The Bertz CT molecular complexity index is 1080. The molecular formula is C23H28N4O5. The van der Waals surface area contributed by atoms with Crippen LogP contribution in [0.2, 0.25) is 0 Å². The van der Waals surface area contributed by atoms with Gasteiger partial charge >= 0.3 is 0 Å². The lowest BCUT2D eigenvalue weighted by atomic mass is 9.94. The second kappa shape index (κ2) is 9.35. The molecule has 1 atom stereocenters. The topological polar surface area (TPSA) is 105 Å². The first-order valence-corrected chi connectivity index (χ1v) is 10.1. The summed E-state index contributed by atoms with van der Waals surface area (Å²) in [6.07, 6.45) is 1.46. The number of ketones is 1. The van der Waals surface area contributed by atoms with Crippen molar-refractivity contribution in [3.8, 4) is 11.5 Å². The lowest BCUT2D eigenvalue weighted by Gasteiger charge is -2.28. The molecule has 1 aromatic heterocycles. The van der Waals surface area contributed by atoms with Gasteiger partial charge < -0.3 is 24.4 Å². The third kappa shape index (κ3) is 4.29. The van der Waals surface area contributed by atoms with Crippen molar-refractivity contribution in [3.05, 3.63) is 52.6 Å². The fourth-order valence-corrected chi connectivity index (χ4v) is 3.76. The molecule has 170 valence electrons. The van der Waals surface area contributed by atoms with E-state index >= 15 is 0 Å². The Morgan fingerprint density at radius 1 is 1.19 bits per heavy atom. The molecule has 0 radical (unpaired) electrons. The number of rotatable bonds is 7. The Hall–Kier alpha value is -3.46. The summed E-state index contributed by atoms with van der Waals surface area (Å²) in [5.41, 5.74) is 1.31. The van der Waals surface area contributed by atoms with E-state index in [1.807, 2.05) is 19.0 Å². The van der Waals surface area contributed by atoms with Crippen LogP contribution in [0.1, 0.15) is 28.7 Å². The Kier molecular flexibility index (Phi) is 6.78. The second-order valence-electron chi connectivity index (χ2n) is 7.82. The van der Waals surface area contributed by atoms with Crippen LogP contribution in [-0.4, -0.2) is 78.0 Å². The SMILES string of the molecule is COc1ccc(OC)c(C2/C(=C(\O)c3cnc(C)nc3C)C(=O)C(=O)N2CCN(C)C)c1. The smallest absolute Gasteiger partial charge is 0.295 e. The third-order valence-electron chi connectivity index (χ3n) is 5.41. The van der Waals surface area contributed by atoms with Crippen molar-refractivity contribution in [1.29, 1.82) is 0 Å². The lowest BCUT2D eigenvalue weighted by molar-refractivity contribution is -0.140. The number of carbonyl (C=O) groups is 2. The van der Waals surface area contributed by atoms with Gasteiger partial charge in [-0.1, -0.05) is 0 Å². The van der Waals surface area contributed by atoms with Gasteiger partial charge in [-0.2, -0.15) is 0 Å². The van der Waals surface area contributed by atoms with Crippen LogP contribution in [0.15, 0.2) is 30.0 Å². The Morgan fingerprint density at radius 3 is 2.50 bits per heavy atom. The molecule has 1 saturated heterocycles. The number of hydrogen-bond donors (Lipinski definition) is 1. The molecular weight excluding hydrogens is 412 g/mol. The van der Waals surface area contributed by atoms with Crippen LogP contribution in [0, 0.1) is 13.8 Å². The highest BCUT2D eigenvalue weighted by molar-refractivity contribution is 6.46. The first kappa shape index (κ1) is 23.2. The highest BCUT2D eigenvalue weighted by Gasteiger charge is 2.47. The van der Waals surface area contributed by atoms with Gasteiger partial charge in [0.2, 0.25) is 0 Å². The Morgan fingerprint density at radius 2 is 1.91 bits per heavy atom. The molecule has 1 N–H and O–H groups in total. The zero-order valence-corrected chi connectivity index (χ0v) is 19.2. The Balaban J connectivity index is 2.27. The molecule has 0 saturated carbocycles. The van der Waals surface area contributed by atoms with Crippen LogP contribution in [0.5, 0.6) is 11.5 Å². The minimum absolute atomic E-state index is 0.0316. The molecule has 0 bridgehead atoms. The maximum atomic E-state index is 13.2. The van der Waals surface area contributed by atoms with Gasteiger partial charge in [0.1, 0.15) is 23.1 Å². The number of aromatic nitrogens is 2. The number of ether oxygens (including phenoxy) is 2. The predicted octanol–water partition coefficient (Wildman–Crippen LogP) is 2.09. The van der Waals surface area contributed by atoms with Crippen molar-refractivity contribution in [2.24, 2.45) is 0 Å². The van der Waals surface area contributed by atoms with Gasteiger partial charge in [0.05, 0.1) is 37.1 Å². The molecule has 1 unspecified atom stereocenters. The number of amides is 1. The summed E-state index contributed by atoms with van der Waals surface area (Å²) < 4.78 is 10.9. The second-order valence-corrected chi connectivity index (χ2v) is 7.82. The molecule has 9 nitrogen and oxygen atoms in total. The standard InChI is InChI=1S/C23H28N4O5/c1-13-17(12-24-14(2)25-13)21(28)19-20(16-11-15(31-5)7-8-18(16)32-6)27(10-9-26(3)4)23(30)22(19)29/h7-8,11-12,20,28H,9-10H2,1-6H3/b21-19+. The van der Waals surface area contributed by atoms with E-state index in [0.29, 0.717) is 40.7 Å². The van der Waals surface area contributed by atoms with Crippen LogP contribution in [0.3, 0.4) is 0 Å². The fourth-order valence-electron chi connectivity index (χ4n) is 3.76. The number of benzene rings is 1. The molecule has 9 heteroatoms. The number of aryl methyl sites for hydroxylation is 2. The van der Waals surface area contributed by atoms with Gasteiger partial charge in [0, 0.05) is 24.8 Å². The Labute approximate surface area is 187 Å². The number of carbonyl (C=O) groups excluding carboxylic acids is 2. The molecule has 1 fully saturated rings. The van der Waals surface area contributed by atoms with E-state index < -0.39 is 17.7 Å². The third-order valence-corrected chi connectivity index (χ3v) is 5.41. The van der Waals surface area contributed by atoms with Crippen molar-refractivity contribution in [2.75, 3.05) is 41.4 Å². The normalized spacial score (nSPS) is 17.8. The van der Waals surface area contributed by atoms with Crippen molar-refractivity contribution in [3.63, 3.8) is 0 Å². The van der Waals surface area contributed by atoms with Gasteiger partial charge in [0.15, 0.2) is 0 Å². The van der Waals surface area contributed by atoms with Crippen molar-refractivity contribution in [1.82, 2.24) is 19.8 Å². The van der Waals surface area contributed by atoms with E-state index in [0.717, 1.165) is 0 Å². The first-order chi connectivity index (χ1) is 15.2. The van der Waals surface area contributed by atoms with E-state index in [1.165, 1.54) is 25.3 Å². The zero-order valence-electron chi connectivity index (χ0n) is 19.2. The zero-order chi connectivity index (χ0) is 23.6. The average Bonchev–Trinajstić information content (AvgIpc) is 3.01. The molecule has 2 aromatic rings. The highest BCUT2D eigenvalue weighted by atomic mass is 16.5. The van der Waals surface area contributed by atoms with E-state index in [-0.39, 0.29) is 17.9 Å². The molecule has 1 amide bonds. The van der Waals surface area contributed by atoms with Gasteiger partial charge in [-0.05, 0) is 46.1 Å². The summed E-state index contributed by atoms with van der Waals surface area (Å²) in [5, 5.41) is 11.2. The summed E-state index contributed by atoms with van der Waals surface area (Å²) in [6, 6.07) is 4.29. The van der Waals surface area contributed by atoms with Crippen molar-refractivity contribution >= 4 is 17.4 Å². The summed E-state index contributed by atoms with van der Waals surface area (Å²) in [5.74, 6) is -0.228. The molecule has 1 aliphatic heterocycles. The number of likely N-dealkylation sites (tertiary alicyclic amines) is 1. The van der Waals surface area contributed by atoms with Crippen molar-refractivity contribution < 1.29 is 24.2 Å². The molecule has 0 aliphatic carbocycles. The van der Waals surface area contributed by atoms with E-state index in [9.17, 15) is 14.7 Å². The summed E-state index contributed by atoms with van der Waals surface area (Å²) >= 11 is 0. The lowest BCUT2D eigenvalue weighted by Crippen LogP contribution is -2.35. The van der Waals surface area contributed by atoms with Crippen LogP contribution in [0.4, 0.5) is 0 Å². The molecule has 3 rings (SSSR count). The number of nitrogens with zero attached hydrogens (tertiary/aromatic N) is 4. The summed E-state index contributed by atoms with van der Waals surface area (Å²) in [6.45, 7) is 4.26. The number of likely N-dealkylation sites (N-methyl/N-ethyl adjacent to an activating group) is 1. The van der Waals surface area contributed by atoms with Gasteiger partial charge in [-0.25, -0.2) is 9.97 Å². The van der Waals surface area contributed by atoms with E-state index in [1.54, 1.807) is 32.0 Å². The largest absolute Gasteiger partial charge is 0.507 e. The summed E-state index contributed by atoms with van der Waals surface area (Å²) in [4.78, 5) is 38.0. The number of aliphatic hydroxyl groups is 1. The maximum Gasteiger partial charge on any atom is 0.295 e. The van der Waals surface area contributed by atoms with Crippen LogP contribution >= 0.6 is 0 Å². The van der Waals surface area contributed by atoms with Gasteiger partial charge in [-0.3, -0.25) is 9.59 Å². The molecule has 1 aromatic carbocycles. The molecule has 1 aliphatic rings.